The summed E-state index contributed by atoms with van der Waals surface area (Å²) in [5.41, 5.74) is 1.72. The van der Waals surface area contributed by atoms with E-state index in [1.54, 1.807) is 43.3 Å². The topological polar surface area (TPSA) is 102 Å². The Morgan fingerprint density at radius 2 is 1.69 bits per heavy atom. The fraction of sp³-hybridized carbons (Fsp3) is 0.300. The van der Waals surface area contributed by atoms with Crippen LogP contribution in [0.25, 0.3) is 0 Å². The van der Waals surface area contributed by atoms with Crippen LogP contribution in [0, 0.1) is 6.92 Å². The van der Waals surface area contributed by atoms with E-state index >= 15 is 0 Å². The first-order chi connectivity index (χ1) is 13.6. The number of rotatable bonds is 7. The molecule has 0 aliphatic rings. The first-order valence-corrected chi connectivity index (χ1v) is 10.6. The number of methoxy groups -OCH3 is 2. The Morgan fingerprint density at radius 3 is 2.21 bits per heavy atom. The first-order valence-electron chi connectivity index (χ1n) is 8.71. The summed E-state index contributed by atoms with van der Waals surface area (Å²) in [6.07, 6.45) is 1.03. The molecule has 0 heterocycles. The lowest BCUT2D eigenvalue weighted by Gasteiger charge is -2.28. The van der Waals surface area contributed by atoms with Crippen LogP contribution in [-0.2, 0) is 19.6 Å². The minimum atomic E-state index is -3.75. The number of nitrogens with one attached hydrogen (secondary N) is 1. The molecule has 0 saturated carbocycles. The Hall–Kier alpha value is -3.07. The average molecular weight is 420 g/mol. The maximum absolute atomic E-state index is 12.8. The van der Waals surface area contributed by atoms with E-state index in [4.69, 9.17) is 9.47 Å². The lowest BCUT2D eigenvalue weighted by Crippen LogP contribution is -2.45. The van der Waals surface area contributed by atoms with Crippen molar-refractivity contribution in [3.05, 3.63) is 53.6 Å². The highest BCUT2D eigenvalue weighted by molar-refractivity contribution is 7.92. The highest BCUT2D eigenvalue weighted by atomic mass is 32.2. The number of amides is 1. The van der Waals surface area contributed by atoms with E-state index in [1.165, 1.54) is 27.2 Å². The number of hydrogen-bond donors (Lipinski definition) is 1. The van der Waals surface area contributed by atoms with Gasteiger partial charge in [0.2, 0.25) is 15.9 Å². The molecule has 1 amide bonds. The second kappa shape index (κ2) is 8.95. The Bertz CT molecular complexity index is 1000. The van der Waals surface area contributed by atoms with Crippen LogP contribution in [-0.4, -0.2) is 46.8 Å². The number of sulfonamides is 1. The van der Waals surface area contributed by atoms with Gasteiger partial charge in [-0.3, -0.25) is 9.10 Å². The third-order valence-electron chi connectivity index (χ3n) is 4.33. The fourth-order valence-corrected chi connectivity index (χ4v) is 3.95. The van der Waals surface area contributed by atoms with Crippen molar-refractivity contribution in [2.75, 3.05) is 30.1 Å². The Morgan fingerprint density at radius 1 is 1.07 bits per heavy atom. The molecule has 2 aromatic carbocycles. The van der Waals surface area contributed by atoms with Gasteiger partial charge in [-0.2, -0.15) is 0 Å². The van der Waals surface area contributed by atoms with Gasteiger partial charge in [0.05, 0.1) is 31.7 Å². The zero-order chi connectivity index (χ0) is 21.8. The van der Waals surface area contributed by atoms with Gasteiger partial charge >= 0.3 is 5.97 Å². The SMILES string of the molecule is COC(=O)c1ccc(C)c(NC(=O)[C@@H](C)N(c2ccc(OC)cc2)S(C)(=O)=O)c1. The van der Waals surface area contributed by atoms with Crippen molar-refractivity contribution in [1.82, 2.24) is 0 Å². The molecule has 9 heteroatoms. The minimum Gasteiger partial charge on any atom is -0.497 e. The molecule has 0 aliphatic carbocycles. The highest BCUT2D eigenvalue weighted by Gasteiger charge is 2.29. The number of hydrogen-bond acceptors (Lipinski definition) is 6. The average Bonchev–Trinajstić information content (AvgIpc) is 2.68. The minimum absolute atomic E-state index is 0.274. The second-order valence-corrected chi connectivity index (χ2v) is 8.30. The molecule has 0 bridgehead atoms. The highest BCUT2D eigenvalue weighted by Crippen LogP contribution is 2.25. The van der Waals surface area contributed by atoms with E-state index in [0.29, 0.717) is 22.7 Å². The van der Waals surface area contributed by atoms with Crippen LogP contribution in [0.15, 0.2) is 42.5 Å². The van der Waals surface area contributed by atoms with E-state index in [2.05, 4.69) is 5.32 Å². The molecule has 0 aromatic heterocycles. The summed E-state index contributed by atoms with van der Waals surface area (Å²) < 4.78 is 35.6. The van der Waals surface area contributed by atoms with Crippen molar-refractivity contribution in [3.63, 3.8) is 0 Å². The maximum atomic E-state index is 12.8. The molecule has 29 heavy (non-hydrogen) atoms. The number of carbonyl (C=O) groups excluding carboxylic acids is 2. The van der Waals surface area contributed by atoms with Gasteiger partial charge in [-0.1, -0.05) is 6.07 Å². The third kappa shape index (κ3) is 5.26. The van der Waals surface area contributed by atoms with Gasteiger partial charge in [0.25, 0.3) is 0 Å². The quantitative estimate of drug-likeness (QED) is 0.691. The Balaban J connectivity index is 2.33. The molecule has 156 valence electrons. The molecular weight excluding hydrogens is 396 g/mol. The van der Waals surface area contributed by atoms with Gasteiger partial charge in [-0.05, 0) is 55.8 Å². The zero-order valence-electron chi connectivity index (χ0n) is 16.9. The zero-order valence-corrected chi connectivity index (χ0v) is 17.7. The summed E-state index contributed by atoms with van der Waals surface area (Å²) in [4.78, 5) is 24.6. The predicted molar refractivity (Wildman–Crippen MR) is 111 cm³/mol. The molecule has 1 atom stereocenters. The van der Waals surface area contributed by atoms with Crippen LogP contribution in [0.2, 0.25) is 0 Å². The van der Waals surface area contributed by atoms with Gasteiger partial charge in [0.1, 0.15) is 11.8 Å². The Kier molecular flexibility index (Phi) is 6.86. The number of anilines is 2. The van der Waals surface area contributed by atoms with Gasteiger partial charge in [0, 0.05) is 5.69 Å². The molecule has 0 fully saturated rings. The first kappa shape index (κ1) is 22.2. The van der Waals surface area contributed by atoms with E-state index < -0.39 is 27.9 Å². The van der Waals surface area contributed by atoms with E-state index in [9.17, 15) is 18.0 Å². The standard InChI is InChI=1S/C20H24N2O6S/c1-13-6-7-15(20(24)28-4)12-18(13)21-19(23)14(2)22(29(5,25)26)16-8-10-17(27-3)11-9-16/h6-12,14H,1-5H3,(H,21,23)/t14-/m1/s1. The number of aryl methyl sites for hydroxylation is 1. The number of esters is 1. The molecule has 0 saturated heterocycles. The largest absolute Gasteiger partial charge is 0.497 e. The summed E-state index contributed by atoms with van der Waals surface area (Å²) in [5, 5.41) is 2.70. The number of nitrogens with zero attached hydrogens (tertiary/aromatic N) is 1. The molecule has 0 aliphatic heterocycles. The Labute approximate surface area is 170 Å². The maximum Gasteiger partial charge on any atom is 0.337 e. The normalized spacial score (nSPS) is 12.0. The van der Waals surface area contributed by atoms with E-state index in [0.717, 1.165) is 10.6 Å². The van der Waals surface area contributed by atoms with Crippen molar-refractivity contribution in [2.45, 2.75) is 19.9 Å². The summed E-state index contributed by atoms with van der Waals surface area (Å²) in [7, 11) is -0.983. The van der Waals surface area contributed by atoms with E-state index in [1.807, 2.05) is 0 Å². The summed E-state index contributed by atoms with van der Waals surface area (Å²) in [5.74, 6) is -0.518. The lowest BCUT2D eigenvalue weighted by atomic mass is 10.1. The molecule has 1 N–H and O–H groups in total. The summed E-state index contributed by atoms with van der Waals surface area (Å²) in [6.45, 7) is 3.25. The van der Waals surface area contributed by atoms with Gasteiger partial charge in [-0.15, -0.1) is 0 Å². The molecule has 2 aromatic rings. The van der Waals surface area contributed by atoms with Crippen molar-refractivity contribution >= 4 is 33.3 Å². The number of benzene rings is 2. The van der Waals surface area contributed by atoms with Crippen molar-refractivity contribution in [1.29, 1.82) is 0 Å². The van der Waals surface area contributed by atoms with Crippen LogP contribution >= 0.6 is 0 Å². The monoisotopic (exact) mass is 420 g/mol. The molecule has 0 unspecified atom stereocenters. The van der Waals surface area contributed by atoms with E-state index in [-0.39, 0.29) is 5.56 Å². The predicted octanol–water partition coefficient (Wildman–Crippen LogP) is 2.58. The van der Waals surface area contributed by atoms with Crippen LogP contribution in [0.5, 0.6) is 5.75 Å². The van der Waals surface area contributed by atoms with Gasteiger partial charge < -0.3 is 14.8 Å². The van der Waals surface area contributed by atoms with Gasteiger partial charge in [-0.25, -0.2) is 13.2 Å². The second-order valence-electron chi connectivity index (χ2n) is 6.44. The van der Waals surface area contributed by atoms with Crippen molar-refractivity contribution < 1.29 is 27.5 Å². The van der Waals surface area contributed by atoms with Crippen LogP contribution < -0.4 is 14.4 Å². The molecule has 0 radical (unpaired) electrons. The van der Waals surface area contributed by atoms with Gasteiger partial charge in [0.15, 0.2) is 0 Å². The molecular formula is C20H24N2O6S. The fourth-order valence-electron chi connectivity index (χ4n) is 2.78. The van der Waals surface area contributed by atoms with Crippen molar-refractivity contribution in [2.24, 2.45) is 0 Å². The summed E-state index contributed by atoms with van der Waals surface area (Å²) in [6, 6.07) is 10.1. The number of ether oxygens (including phenoxy) is 2. The molecule has 0 spiro atoms. The number of carbonyl (C=O) groups is 2. The van der Waals surface area contributed by atoms with Crippen LogP contribution in [0.1, 0.15) is 22.8 Å². The molecule has 2 rings (SSSR count). The van der Waals surface area contributed by atoms with Crippen LogP contribution in [0.4, 0.5) is 11.4 Å². The summed E-state index contributed by atoms with van der Waals surface area (Å²) >= 11 is 0. The van der Waals surface area contributed by atoms with Crippen molar-refractivity contribution in [3.8, 4) is 5.75 Å². The third-order valence-corrected chi connectivity index (χ3v) is 5.57. The van der Waals surface area contributed by atoms with Crippen LogP contribution in [0.3, 0.4) is 0 Å². The molecule has 8 nitrogen and oxygen atoms in total. The lowest BCUT2D eigenvalue weighted by molar-refractivity contribution is -0.116. The smallest absolute Gasteiger partial charge is 0.337 e.